The van der Waals surface area contributed by atoms with Gasteiger partial charge in [0.2, 0.25) is 0 Å². The van der Waals surface area contributed by atoms with Crippen molar-refractivity contribution in [3.05, 3.63) is 48.6 Å². The number of esters is 2. The SMILES string of the molecule is CC/C=C/C=C/C=C/CCCCCCCC(=O)OC(COCCC(C(=O)[O-])[N+](C)(C)C)COC(=O)CC/C=C/CCCCCC. The average Bonchev–Trinajstić information content (AvgIpc) is 2.98. The molecule has 0 amide bonds. The number of unbranched alkanes of at least 4 members (excludes halogenated alkanes) is 9. The number of hydrogen-bond donors (Lipinski definition) is 0. The zero-order valence-corrected chi connectivity index (χ0v) is 29.0. The Morgan fingerprint density at radius 1 is 0.689 bits per heavy atom. The first-order valence-corrected chi connectivity index (χ1v) is 17.2. The summed E-state index contributed by atoms with van der Waals surface area (Å²) < 4.78 is 16.9. The summed E-state index contributed by atoms with van der Waals surface area (Å²) >= 11 is 0. The third-order valence-corrected chi connectivity index (χ3v) is 7.27. The second-order valence-corrected chi connectivity index (χ2v) is 12.4. The van der Waals surface area contributed by atoms with E-state index in [1.165, 1.54) is 19.3 Å². The number of quaternary nitrogens is 1. The standard InChI is InChI=1S/C37H63NO7/c1-6-8-10-12-14-16-17-18-19-20-22-24-26-28-36(40)45-33(31-43-30-29-34(37(41)42)38(3,4)5)32-44-35(39)27-25-23-21-15-13-11-9-7-2/h8,10,12,14,16-17,21,23,33-34H,6-7,9,11,13,15,18-20,22,24-32H2,1-5H3/b10-8+,14-12+,17-16+,23-21+. The van der Waals surface area contributed by atoms with Crippen molar-refractivity contribution in [2.24, 2.45) is 0 Å². The lowest BCUT2D eigenvalue weighted by atomic mass is 10.1. The summed E-state index contributed by atoms with van der Waals surface area (Å²) in [6, 6.07) is -0.732. The molecular formula is C37H63NO7. The number of nitrogens with zero attached hydrogens (tertiary/aromatic N) is 1. The van der Waals surface area contributed by atoms with Crippen LogP contribution < -0.4 is 5.11 Å². The minimum absolute atomic E-state index is 0.0190. The number of ether oxygens (including phenoxy) is 3. The van der Waals surface area contributed by atoms with Crippen LogP contribution in [0.4, 0.5) is 0 Å². The van der Waals surface area contributed by atoms with Gasteiger partial charge in [-0.3, -0.25) is 9.59 Å². The molecule has 2 unspecified atom stereocenters. The normalized spacial score (nSPS) is 13.7. The molecule has 258 valence electrons. The Kier molecular flexibility index (Phi) is 27.0. The van der Waals surface area contributed by atoms with E-state index in [0.29, 0.717) is 6.42 Å². The Balaban J connectivity index is 4.55. The van der Waals surface area contributed by atoms with E-state index in [2.05, 4.69) is 44.2 Å². The van der Waals surface area contributed by atoms with Crippen LogP contribution in [0.2, 0.25) is 0 Å². The van der Waals surface area contributed by atoms with E-state index in [0.717, 1.165) is 57.8 Å². The first-order valence-electron chi connectivity index (χ1n) is 17.2. The zero-order valence-electron chi connectivity index (χ0n) is 29.0. The number of carbonyl (C=O) groups excluding carboxylic acids is 3. The van der Waals surface area contributed by atoms with Gasteiger partial charge in [-0.05, 0) is 44.9 Å². The van der Waals surface area contributed by atoms with E-state index in [1.807, 2.05) is 18.2 Å². The summed E-state index contributed by atoms with van der Waals surface area (Å²) in [5.74, 6) is -1.84. The van der Waals surface area contributed by atoms with Crippen LogP contribution in [0.25, 0.3) is 0 Å². The number of carboxylic acid groups (broad SMARTS) is 1. The monoisotopic (exact) mass is 633 g/mol. The molecule has 0 fully saturated rings. The number of rotatable bonds is 29. The van der Waals surface area contributed by atoms with Gasteiger partial charge >= 0.3 is 11.9 Å². The summed E-state index contributed by atoms with van der Waals surface area (Å²) in [4.78, 5) is 36.4. The van der Waals surface area contributed by atoms with E-state index in [1.54, 1.807) is 21.1 Å². The molecular weight excluding hydrogens is 570 g/mol. The molecule has 0 aromatic rings. The maximum atomic E-state index is 12.6. The molecule has 0 heterocycles. The second-order valence-electron chi connectivity index (χ2n) is 12.4. The Labute approximate surface area is 274 Å². The van der Waals surface area contributed by atoms with Crippen LogP contribution in [0.15, 0.2) is 48.6 Å². The van der Waals surface area contributed by atoms with Crippen LogP contribution in [0.1, 0.15) is 117 Å². The molecule has 0 aliphatic heterocycles. The van der Waals surface area contributed by atoms with Crippen molar-refractivity contribution in [2.75, 3.05) is 41.0 Å². The third-order valence-electron chi connectivity index (χ3n) is 7.27. The molecule has 2 atom stereocenters. The van der Waals surface area contributed by atoms with Gasteiger partial charge in [0, 0.05) is 19.3 Å². The predicted octanol–water partition coefficient (Wildman–Crippen LogP) is 6.79. The van der Waals surface area contributed by atoms with Crippen molar-refractivity contribution < 1.29 is 38.2 Å². The van der Waals surface area contributed by atoms with Crippen molar-refractivity contribution in [1.29, 1.82) is 0 Å². The summed E-state index contributed by atoms with van der Waals surface area (Å²) in [7, 11) is 5.36. The number of aliphatic carboxylic acids is 1. The fourth-order valence-corrected chi connectivity index (χ4v) is 4.56. The minimum atomic E-state index is -1.14. The van der Waals surface area contributed by atoms with Gasteiger partial charge in [-0.1, -0.05) is 101 Å². The number of carboxylic acids is 1. The Morgan fingerprint density at radius 2 is 1.31 bits per heavy atom. The van der Waals surface area contributed by atoms with E-state index in [4.69, 9.17) is 14.2 Å². The van der Waals surface area contributed by atoms with E-state index in [-0.39, 0.29) is 55.5 Å². The number of carbonyl (C=O) groups is 3. The lowest BCUT2D eigenvalue weighted by molar-refractivity contribution is -0.889. The molecule has 0 rings (SSSR count). The molecule has 0 bridgehead atoms. The third kappa shape index (κ3) is 27.3. The van der Waals surface area contributed by atoms with Gasteiger partial charge in [-0.25, -0.2) is 0 Å². The molecule has 0 aromatic heterocycles. The van der Waals surface area contributed by atoms with Crippen molar-refractivity contribution in [1.82, 2.24) is 0 Å². The molecule has 0 spiro atoms. The van der Waals surface area contributed by atoms with Crippen molar-refractivity contribution in [2.45, 2.75) is 129 Å². The fourth-order valence-electron chi connectivity index (χ4n) is 4.56. The van der Waals surface area contributed by atoms with Gasteiger partial charge < -0.3 is 28.6 Å². The van der Waals surface area contributed by atoms with Crippen LogP contribution in [0.3, 0.4) is 0 Å². The molecule has 8 nitrogen and oxygen atoms in total. The quantitative estimate of drug-likeness (QED) is 0.0294. The Morgan fingerprint density at radius 3 is 1.98 bits per heavy atom. The van der Waals surface area contributed by atoms with E-state index in [9.17, 15) is 19.5 Å². The molecule has 0 aromatic carbocycles. The van der Waals surface area contributed by atoms with Crippen LogP contribution in [0.5, 0.6) is 0 Å². The van der Waals surface area contributed by atoms with Gasteiger partial charge in [-0.15, -0.1) is 0 Å². The summed E-state index contributed by atoms with van der Waals surface area (Å²) in [6.07, 6.45) is 30.2. The molecule has 0 aliphatic carbocycles. The second kappa shape index (κ2) is 28.7. The summed E-state index contributed by atoms with van der Waals surface area (Å²) in [5, 5.41) is 11.5. The van der Waals surface area contributed by atoms with E-state index >= 15 is 0 Å². The van der Waals surface area contributed by atoms with Gasteiger partial charge in [0.25, 0.3) is 0 Å². The Hall–Kier alpha value is -2.71. The summed E-state index contributed by atoms with van der Waals surface area (Å²) in [6.45, 7) is 4.38. The predicted molar refractivity (Wildman–Crippen MR) is 180 cm³/mol. The highest BCUT2D eigenvalue weighted by Crippen LogP contribution is 2.11. The molecule has 0 saturated heterocycles. The van der Waals surface area contributed by atoms with Gasteiger partial charge in [0.05, 0.1) is 40.3 Å². The smallest absolute Gasteiger partial charge is 0.306 e. The summed E-state index contributed by atoms with van der Waals surface area (Å²) in [5.41, 5.74) is 0. The van der Waals surface area contributed by atoms with Crippen LogP contribution in [-0.2, 0) is 28.6 Å². The highest BCUT2D eigenvalue weighted by atomic mass is 16.6. The van der Waals surface area contributed by atoms with Crippen LogP contribution >= 0.6 is 0 Å². The lowest BCUT2D eigenvalue weighted by Crippen LogP contribution is -2.55. The molecule has 0 aliphatic rings. The first-order chi connectivity index (χ1) is 21.6. The van der Waals surface area contributed by atoms with Crippen molar-refractivity contribution in [3.8, 4) is 0 Å². The number of likely N-dealkylation sites (N-methyl/N-ethyl adjacent to an activating group) is 1. The van der Waals surface area contributed by atoms with Gasteiger partial charge in [-0.2, -0.15) is 0 Å². The molecule has 0 radical (unpaired) electrons. The topological polar surface area (TPSA) is 102 Å². The van der Waals surface area contributed by atoms with Crippen LogP contribution in [0, 0.1) is 0 Å². The molecule has 45 heavy (non-hydrogen) atoms. The molecule has 0 saturated carbocycles. The Bertz CT molecular complexity index is 886. The number of hydrogen-bond acceptors (Lipinski definition) is 7. The maximum absolute atomic E-state index is 12.6. The molecule has 8 heteroatoms. The largest absolute Gasteiger partial charge is 0.544 e. The highest BCUT2D eigenvalue weighted by Gasteiger charge is 2.25. The van der Waals surface area contributed by atoms with Gasteiger partial charge in [0.15, 0.2) is 6.10 Å². The minimum Gasteiger partial charge on any atom is -0.544 e. The van der Waals surface area contributed by atoms with E-state index < -0.39 is 18.1 Å². The zero-order chi connectivity index (χ0) is 33.6. The molecule has 0 N–H and O–H groups in total. The van der Waals surface area contributed by atoms with Gasteiger partial charge in [0.1, 0.15) is 12.6 Å². The maximum Gasteiger partial charge on any atom is 0.306 e. The average molecular weight is 634 g/mol. The number of allylic oxidation sites excluding steroid dienone is 8. The first kappa shape index (κ1) is 42.3. The van der Waals surface area contributed by atoms with Crippen molar-refractivity contribution >= 4 is 17.9 Å². The van der Waals surface area contributed by atoms with Crippen molar-refractivity contribution in [3.63, 3.8) is 0 Å². The highest BCUT2D eigenvalue weighted by molar-refractivity contribution is 5.70. The fraction of sp³-hybridized carbons (Fsp3) is 0.703. The lowest BCUT2D eigenvalue weighted by Gasteiger charge is -2.34. The van der Waals surface area contributed by atoms with Crippen LogP contribution in [-0.4, -0.2) is 75.5 Å².